The topological polar surface area (TPSA) is 82.2 Å². The standard InChI is InChI=1S/C21H22N2O3S/c1-10-5-7-14(12(3)8-10)22-19(25)17-18(24)16-13-6-4-11(2)9-15(13)27-21(16)23-20(17)26/h5,7-8,11H,4,6,9H2,1-3H3,(H,22,25)(H2,23,24,26). The Morgan fingerprint density at radius 2 is 2.11 bits per heavy atom. The van der Waals surface area contributed by atoms with Crippen LogP contribution in [-0.4, -0.2) is 16.0 Å². The Labute approximate surface area is 161 Å². The van der Waals surface area contributed by atoms with Crippen molar-refractivity contribution in [3.05, 3.63) is 55.7 Å². The van der Waals surface area contributed by atoms with Gasteiger partial charge in [0, 0.05) is 10.6 Å². The number of pyridine rings is 1. The van der Waals surface area contributed by atoms with Crippen LogP contribution in [0.1, 0.15) is 45.3 Å². The van der Waals surface area contributed by atoms with Crippen LogP contribution in [-0.2, 0) is 12.8 Å². The van der Waals surface area contributed by atoms with Gasteiger partial charge in [0.15, 0.2) is 0 Å². The molecular weight excluding hydrogens is 360 g/mol. The molecule has 0 aliphatic heterocycles. The second-order valence-corrected chi connectivity index (χ2v) is 8.61. The third-order valence-electron chi connectivity index (χ3n) is 5.30. The molecule has 1 aromatic carbocycles. The van der Waals surface area contributed by atoms with Crippen LogP contribution in [0, 0.1) is 19.8 Å². The number of amides is 1. The number of H-pyrrole nitrogens is 1. The van der Waals surface area contributed by atoms with Gasteiger partial charge >= 0.3 is 0 Å². The Morgan fingerprint density at radius 1 is 1.33 bits per heavy atom. The molecule has 1 aliphatic carbocycles. The number of rotatable bonds is 2. The van der Waals surface area contributed by atoms with Gasteiger partial charge in [0.25, 0.3) is 11.5 Å². The molecule has 0 radical (unpaired) electrons. The van der Waals surface area contributed by atoms with Crippen LogP contribution < -0.4 is 10.9 Å². The number of carbonyl (C=O) groups is 1. The molecule has 2 heterocycles. The van der Waals surface area contributed by atoms with Crippen LogP contribution in [0.5, 0.6) is 5.75 Å². The van der Waals surface area contributed by atoms with Crippen LogP contribution in [0.25, 0.3) is 10.2 Å². The molecule has 4 rings (SSSR count). The highest BCUT2D eigenvalue weighted by Crippen LogP contribution is 2.41. The van der Waals surface area contributed by atoms with Crippen molar-refractivity contribution in [1.82, 2.24) is 4.98 Å². The normalized spacial score (nSPS) is 16.3. The van der Waals surface area contributed by atoms with Gasteiger partial charge in [-0.1, -0.05) is 24.6 Å². The molecule has 5 nitrogen and oxygen atoms in total. The molecule has 1 atom stereocenters. The molecule has 3 N–H and O–H groups in total. The number of carbonyl (C=O) groups excluding carboxylic acids is 1. The number of hydrogen-bond acceptors (Lipinski definition) is 4. The maximum Gasteiger partial charge on any atom is 0.265 e. The summed E-state index contributed by atoms with van der Waals surface area (Å²) in [5.74, 6) is -0.207. The minimum Gasteiger partial charge on any atom is -0.506 e. The summed E-state index contributed by atoms with van der Waals surface area (Å²) in [7, 11) is 0. The number of aromatic nitrogens is 1. The fourth-order valence-corrected chi connectivity index (χ4v) is 5.24. The van der Waals surface area contributed by atoms with Crippen molar-refractivity contribution >= 4 is 33.1 Å². The SMILES string of the molecule is Cc1ccc(NC(=O)c2c(O)c3c4c(sc3[nH]c2=O)CC(C)CC4)c(C)c1. The number of aromatic hydroxyl groups is 1. The summed E-state index contributed by atoms with van der Waals surface area (Å²) in [4.78, 5) is 30.0. The molecule has 2 aromatic heterocycles. The first-order chi connectivity index (χ1) is 12.8. The highest BCUT2D eigenvalue weighted by atomic mass is 32.1. The molecule has 1 unspecified atom stereocenters. The van der Waals surface area contributed by atoms with Gasteiger partial charge in [-0.25, -0.2) is 0 Å². The number of aryl methyl sites for hydroxylation is 3. The van der Waals surface area contributed by atoms with Crippen molar-refractivity contribution in [3.8, 4) is 5.75 Å². The van der Waals surface area contributed by atoms with Crippen LogP contribution in [0.3, 0.4) is 0 Å². The fraction of sp³-hybridized carbons (Fsp3) is 0.333. The zero-order chi connectivity index (χ0) is 19.3. The highest BCUT2D eigenvalue weighted by molar-refractivity contribution is 7.18. The van der Waals surface area contributed by atoms with E-state index in [-0.39, 0.29) is 11.3 Å². The lowest BCUT2D eigenvalue weighted by Crippen LogP contribution is -2.23. The summed E-state index contributed by atoms with van der Waals surface area (Å²) in [6.45, 7) is 6.08. The largest absolute Gasteiger partial charge is 0.506 e. The van der Waals surface area contributed by atoms with E-state index in [4.69, 9.17) is 0 Å². The van der Waals surface area contributed by atoms with E-state index in [1.807, 2.05) is 26.0 Å². The van der Waals surface area contributed by atoms with Crippen molar-refractivity contribution in [2.45, 2.75) is 40.0 Å². The van der Waals surface area contributed by atoms with Crippen molar-refractivity contribution in [3.63, 3.8) is 0 Å². The molecule has 0 spiro atoms. The lowest BCUT2D eigenvalue weighted by molar-refractivity contribution is 0.102. The third kappa shape index (κ3) is 3.04. The summed E-state index contributed by atoms with van der Waals surface area (Å²) in [5.41, 5.74) is 2.91. The molecule has 0 saturated heterocycles. The molecule has 1 aliphatic rings. The smallest absolute Gasteiger partial charge is 0.265 e. The molecule has 0 fully saturated rings. The molecule has 0 saturated carbocycles. The van der Waals surface area contributed by atoms with E-state index < -0.39 is 11.5 Å². The van der Waals surface area contributed by atoms with Crippen molar-refractivity contribution in [2.24, 2.45) is 5.92 Å². The number of hydrogen-bond donors (Lipinski definition) is 3. The maximum absolute atomic E-state index is 12.8. The molecule has 6 heteroatoms. The average molecular weight is 382 g/mol. The average Bonchev–Trinajstić information content (AvgIpc) is 2.94. The first-order valence-electron chi connectivity index (χ1n) is 9.13. The van der Waals surface area contributed by atoms with Crippen molar-refractivity contribution in [1.29, 1.82) is 0 Å². The van der Waals surface area contributed by atoms with Crippen molar-refractivity contribution in [2.75, 3.05) is 5.32 Å². The van der Waals surface area contributed by atoms with Crippen LogP contribution in [0.15, 0.2) is 23.0 Å². The van der Waals surface area contributed by atoms with E-state index in [9.17, 15) is 14.7 Å². The second kappa shape index (κ2) is 6.53. The molecule has 1 amide bonds. The Balaban J connectivity index is 1.79. The van der Waals surface area contributed by atoms with Crippen molar-refractivity contribution < 1.29 is 9.90 Å². The Morgan fingerprint density at radius 3 is 2.85 bits per heavy atom. The highest BCUT2D eigenvalue weighted by Gasteiger charge is 2.27. The van der Waals surface area contributed by atoms with Gasteiger partial charge in [-0.15, -0.1) is 11.3 Å². The first kappa shape index (κ1) is 17.8. The quantitative estimate of drug-likeness (QED) is 0.618. The van der Waals surface area contributed by atoms with Gasteiger partial charge in [0.2, 0.25) is 0 Å². The monoisotopic (exact) mass is 382 g/mol. The van der Waals surface area contributed by atoms with Crippen LogP contribution in [0.2, 0.25) is 0 Å². The van der Waals surface area contributed by atoms with E-state index in [1.165, 1.54) is 16.2 Å². The Bertz CT molecular complexity index is 1130. The number of benzene rings is 1. The van der Waals surface area contributed by atoms with E-state index in [2.05, 4.69) is 17.2 Å². The predicted molar refractivity (Wildman–Crippen MR) is 109 cm³/mol. The zero-order valence-electron chi connectivity index (χ0n) is 15.6. The molecule has 27 heavy (non-hydrogen) atoms. The summed E-state index contributed by atoms with van der Waals surface area (Å²) in [6.07, 6.45) is 2.84. The number of thiophene rings is 1. The van der Waals surface area contributed by atoms with Gasteiger partial charge in [0.1, 0.15) is 16.1 Å². The first-order valence-corrected chi connectivity index (χ1v) is 9.95. The maximum atomic E-state index is 12.8. The van der Waals surface area contributed by atoms with E-state index >= 15 is 0 Å². The Hall–Kier alpha value is -2.60. The van der Waals surface area contributed by atoms with E-state index in [1.54, 1.807) is 6.07 Å². The summed E-state index contributed by atoms with van der Waals surface area (Å²) in [6, 6.07) is 5.66. The molecule has 140 valence electrons. The lowest BCUT2D eigenvalue weighted by Gasteiger charge is -2.18. The van der Waals surface area contributed by atoms with Gasteiger partial charge in [-0.05, 0) is 56.2 Å². The summed E-state index contributed by atoms with van der Waals surface area (Å²) < 4.78 is 0. The minimum absolute atomic E-state index is 0.205. The fourth-order valence-electron chi connectivity index (χ4n) is 3.84. The van der Waals surface area contributed by atoms with Crippen LogP contribution >= 0.6 is 11.3 Å². The lowest BCUT2D eigenvalue weighted by atomic mass is 9.89. The number of nitrogens with one attached hydrogen (secondary N) is 2. The number of aromatic amines is 1. The number of anilines is 1. The van der Waals surface area contributed by atoms with Crippen LogP contribution in [0.4, 0.5) is 5.69 Å². The van der Waals surface area contributed by atoms with Gasteiger partial charge in [0.05, 0.1) is 5.39 Å². The molecule has 3 aromatic rings. The summed E-state index contributed by atoms with van der Waals surface area (Å²) in [5, 5.41) is 14.2. The summed E-state index contributed by atoms with van der Waals surface area (Å²) >= 11 is 1.51. The van der Waals surface area contributed by atoms with Gasteiger partial charge in [-0.3, -0.25) is 9.59 Å². The number of fused-ring (bicyclic) bond motifs is 3. The van der Waals surface area contributed by atoms with E-state index in [0.717, 1.165) is 36.0 Å². The zero-order valence-corrected chi connectivity index (χ0v) is 16.4. The third-order valence-corrected chi connectivity index (χ3v) is 6.47. The van der Waals surface area contributed by atoms with E-state index in [0.29, 0.717) is 21.8 Å². The Kier molecular flexibility index (Phi) is 4.30. The molecule has 0 bridgehead atoms. The predicted octanol–water partition coefficient (Wildman–Crippen LogP) is 4.29. The minimum atomic E-state index is -0.591. The second-order valence-electron chi connectivity index (χ2n) is 7.51. The molecular formula is C21H22N2O3S. The van der Waals surface area contributed by atoms with Gasteiger partial charge < -0.3 is 15.4 Å². The van der Waals surface area contributed by atoms with Gasteiger partial charge in [-0.2, -0.15) is 0 Å².